The van der Waals surface area contributed by atoms with E-state index in [2.05, 4.69) is 302 Å². The highest BCUT2D eigenvalue weighted by atomic mass is 15.2. The number of nitrogens with one attached hydrogen (secondary N) is 1. The summed E-state index contributed by atoms with van der Waals surface area (Å²) in [4.78, 5) is 4.83. The summed E-state index contributed by atoms with van der Waals surface area (Å²) in [7, 11) is 2.40. The van der Waals surface area contributed by atoms with Crippen LogP contribution in [0.4, 0.5) is 45.5 Å². The first-order valence-electron chi connectivity index (χ1n) is 24.3. The number of hydrogen-bond acceptors (Lipinski definition) is 3. The Hall–Kier alpha value is -9.12. The smallest absolute Gasteiger partial charge is 0.197 e. The van der Waals surface area contributed by atoms with Crippen molar-refractivity contribution in [3.05, 3.63) is 279 Å². The van der Waals surface area contributed by atoms with Crippen molar-refractivity contribution in [3.8, 4) is 55.6 Å². The molecule has 1 aliphatic rings. The number of fused-ring (bicyclic) bond motifs is 2. The molecule has 3 nitrogen and oxygen atoms in total. The van der Waals surface area contributed by atoms with Crippen LogP contribution < -0.4 is 26.0 Å². The van der Waals surface area contributed by atoms with E-state index in [4.69, 9.17) is 0 Å². The second-order valence-corrected chi connectivity index (χ2v) is 18.1. The molecule has 0 saturated heterocycles. The minimum absolute atomic E-state index is 0.991. The molecule has 0 saturated carbocycles. The van der Waals surface area contributed by atoms with Gasteiger partial charge in [-0.25, -0.2) is 0 Å². The van der Waals surface area contributed by atoms with E-state index >= 15 is 0 Å². The molecule has 1 aliphatic heterocycles. The van der Waals surface area contributed by atoms with E-state index in [-0.39, 0.29) is 0 Å². The SMILES string of the molecule is Cc1ccccc1-c1cc(-c2ccc(N(c3ccccc3)c3ccccc3)cc2Nc2cccc(-c3ccccc3)c2)c2c(c1)N(c1cccc(-c3ccccc3)c1)c1cc(-c3ccccc3)ccc1[B]2. The molecule has 11 aromatic carbocycles. The topological polar surface area (TPSA) is 18.5 Å². The van der Waals surface area contributed by atoms with E-state index in [0.717, 1.165) is 84.2 Å². The van der Waals surface area contributed by atoms with Crippen molar-refractivity contribution >= 4 is 63.7 Å². The Morgan fingerprint density at radius 3 is 1.52 bits per heavy atom. The first-order chi connectivity index (χ1) is 35.1. The van der Waals surface area contributed by atoms with Gasteiger partial charge in [0.2, 0.25) is 0 Å². The Kier molecular flexibility index (Phi) is 11.6. The van der Waals surface area contributed by atoms with Crippen molar-refractivity contribution in [3.63, 3.8) is 0 Å². The summed E-state index contributed by atoms with van der Waals surface area (Å²) in [5, 5.41) is 4.02. The fourth-order valence-electron chi connectivity index (χ4n) is 10.1. The first kappa shape index (κ1) is 43.2. The highest BCUT2D eigenvalue weighted by Gasteiger charge is 2.30. The third-order valence-corrected chi connectivity index (χ3v) is 13.6. The first-order valence-corrected chi connectivity index (χ1v) is 24.3. The van der Waals surface area contributed by atoms with Crippen LogP contribution in [0.5, 0.6) is 0 Å². The number of para-hydroxylation sites is 2. The summed E-state index contributed by atoms with van der Waals surface area (Å²) in [5.41, 5.74) is 23.6. The molecular weight excluding hydrogens is 858 g/mol. The van der Waals surface area contributed by atoms with Gasteiger partial charge in [-0.3, -0.25) is 0 Å². The van der Waals surface area contributed by atoms with Gasteiger partial charge in [-0.15, -0.1) is 0 Å². The van der Waals surface area contributed by atoms with Crippen LogP contribution in [0.3, 0.4) is 0 Å². The van der Waals surface area contributed by atoms with E-state index in [9.17, 15) is 0 Å². The van der Waals surface area contributed by atoms with Gasteiger partial charge in [-0.05, 0) is 147 Å². The van der Waals surface area contributed by atoms with Gasteiger partial charge in [0, 0.05) is 51.1 Å². The van der Waals surface area contributed by atoms with Gasteiger partial charge >= 0.3 is 0 Å². The van der Waals surface area contributed by atoms with Crippen molar-refractivity contribution in [1.82, 2.24) is 0 Å². The van der Waals surface area contributed by atoms with E-state index in [1.54, 1.807) is 0 Å². The van der Waals surface area contributed by atoms with Gasteiger partial charge < -0.3 is 15.1 Å². The third kappa shape index (κ3) is 8.69. The lowest BCUT2D eigenvalue weighted by Crippen LogP contribution is -2.41. The Morgan fingerprint density at radius 2 is 0.887 bits per heavy atom. The lowest BCUT2D eigenvalue weighted by molar-refractivity contribution is 1.28. The molecule has 0 fully saturated rings. The maximum atomic E-state index is 4.02. The summed E-state index contributed by atoms with van der Waals surface area (Å²) in [5.74, 6) is 0. The fraction of sp³-hybridized carbons (Fsp3) is 0.0149. The molecule has 0 spiro atoms. The molecular formula is C67H49BN3. The molecule has 0 aromatic heterocycles. The van der Waals surface area contributed by atoms with Gasteiger partial charge in [0.05, 0.1) is 0 Å². The molecule has 1 radical (unpaired) electrons. The maximum Gasteiger partial charge on any atom is 0.197 e. The summed E-state index contributed by atoms with van der Waals surface area (Å²) in [6, 6.07) is 98.4. The zero-order valence-corrected chi connectivity index (χ0v) is 39.5. The predicted molar refractivity (Wildman–Crippen MR) is 302 cm³/mol. The van der Waals surface area contributed by atoms with Crippen molar-refractivity contribution < 1.29 is 0 Å². The highest BCUT2D eigenvalue weighted by Crippen LogP contribution is 2.45. The van der Waals surface area contributed by atoms with Crippen LogP contribution in [0.2, 0.25) is 0 Å². The molecule has 335 valence electrons. The second kappa shape index (κ2) is 19.1. The number of benzene rings is 11. The molecule has 0 atom stereocenters. The van der Waals surface area contributed by atoms with Crippen LogP contribution >= 0.6 is 0 Å². The average molecular weight is 907 g/mol. The monoisotopic (exact) mass is 906 g/mol. The number of anilines is 8. The normalized spacial score (nSPS) is 11.5. The molecule has 1 N–H and O–H groups in total. The van der Waals surface area contributed by atoms with Crippen molar-refractivity contribution in [2.75, 3.05) is 15.1 Å². The fourth-order valence-corrected chi connectivity index (χ4v) is 10.1. The zero-order valence-electron chi connectivity index (χ0n) is 39.5. The van der Waals surface area contributed by atoms with Crippen molar-refractivity contribution in [2.24, 2.45) is 0 Å². The molecule has 4 heteroatoms. The molecule has 0 bridgehead atoms. The van der Waals surface area contributed by atoms with Crippen LogP contribution in [0, 0.1) is 6.92 Å². The third-order valence-electron chi connectivity index (χ3n) is 13.6. The van der Waals surface area contributed by atoms with E-state index in [1.165, 1.54) is 33.4 Å². The van der Waals surface area contributed by atoms with Crippen LogP contribution in [0.1, 0.15) is 5.56 Å². The molecule has 0 unspecified atom stereocenters. The maximum absolute atomic E-state index is 4.02. The minimum atomic E-state index is 0.991. The summed E-state index contributed by atoms with van der Waals surface area (Å²) in [6.07, 6.45) is 0. The predicted octanol–water partition coefficient (Wildman–Crippen LogP) is 17.0. The lowest BCUT2D eigenvalue weighted by atomic mass is 9.57. The Morgan fingerprint density at radius 1 is 0.352 bits per heavy atom. The van der Waals surface area contributed by atoms with Crippen LogP contribution in [-0.2, 0) is 0 Å². The largest absolute Gasteiger partial charge is 0.355 e. The van der Waals surface area contributed by atoms with E-state index in [1.807, 2.05) is 0 Å². The quantitative estimate of drug-likeness (QED) is 0.130. The highest BCUT2D eigenvalue weighted by molar-refractivity contribution is 6.73. The number of rotatable bonds is 11. The zero-order chi connectivity index (χ0) is 47.5. The summed E-state index contributed by atoms with van der Waals surface area (Å²) < 4.78 is 0. The van der Waals surface area contributed by atoms with Crippen LogP contribution in [0.15, 0.2) is 273 Å². The summed E-state index contributed by atoms with van der Waals surface area (Å²) >= 11 is 0. The Labute approximate surface area is 417 Å². The molecule has 0 amide bonds. The minimum Gasteiger partial charge on any atom is -0.355 e. The molecule has 12 rings (SSSR count). The standard InChI is InChI=1S/C67H49BN3/c1-47-21-17-18-36-60(47)54-43-62(67-66(45-54)71(58-35-20-29-52(42-58)49-24-9-3-10-25-49)65-44-53(37-40-63(65)68-67)50-26-11-4-12-27-50)61-39-38-59(70(56-31-13-5-14-32-56)57-33-15-6-16-34-57)46-64(61)69-55-30-19-28-51(41-55)48-22-7-2-8-23-48/h2-46,69H,1H3. The van der Waals surface area contributed by atoms with Gasteiger partial charge in [-0.1, -0.05) is 200 Å². The van der Waals surface area contributed by atoms with E-state index < -0.39 is 0 Å². The van der Waals surface area contributed by atoms with Crippen LogP contribution in [0.25, 0.3) is 55.6 Å². The molecule has 11 aromatic rings. The average Bonchev–Trinajstić information content (AvgIpc) is 3.44. The van der Waals surface area contributed by atoms with Gasteiger partial charge in [0.15, 0.2) is 7.28 Å². The van der Waals surface area contributed by atoms with Gasteiger partial charge in [-0.2, -0.15) is 0 Å². The molecule has 71 heavy (non-hydrogen) atoms. The van der Waals surface area contributed by atoms with E-state index in [0.29, 0.717) is 0 Å². The summed E-state index contributed by atoms with van der Waals surface area (Å²) in [6.45, 7) is 2.21. The number of hydrogen-bond donors (Lipinski definition) is 1. The Balaban J connectivity index is 1.11. The van der Waals surface area contributed by atoms with Crippen molar-refractivity contribution in [2.45, 2.75) is 6.92 Å². The van der Waals surface area contributed by atoms with Gasteiger partial charge in [0.1, 0.15) is 0 Å². The van der Waals surface area contributed by atoms with Gasteiger partial charge in [0.25, 0.3) is 0 Å². The Bertz CT molecular complexity index is 3610. The van der Waals surface area contributed by atoms with Crippen molar-refractivity contribution in [1.29, 1.82) is 0 Å². The molecule has 0 aliphatic carbocycles. The van der Waals surface area contributed by atoms with Crippen LogP contribution in [-0.4, -0.2) is 7.28 Å². The second-order valence-electron chi connectivity index (χ2n) is 18.1. The molecule has 1 heterocycles. The number of nitrogens with zero attached hydrogens (tertiary/aromatic N) is 2. The number of aryl methyl sites for hydroxylation is 1. The lowest BCUT2D eigenvalue weighted by Gasteiger charge is -2.36.